The van der Waals surface area contributed by atoms with Crippen LogP contribution in [0.5, 0.6) is 0 Å². The number of amides is 1. The zero-order valence-corrected chi connectivity index (χ0v) is 10.8. The second-order valence-electron chi connectivity index (χ2n) is 5.28. The molecule has 2 fully saturated rings. The molecule has 0 saturated carbocycles. The number of ether oxygens (including phenoxy) is 1. The van der Waals surface area contributed by atoms with Crippen molar-refractivity contribution in [2.24, 2.45) is 11.8 Å². The van der Waals surface area contributed by atoms with Gasteiger partial charge in [-0.15, -0.1) is 0 Å². The first-order chi connectivity index (χ1) is 9.97. The molecule has 112 valence electrons. The van der Waals surface area contributed by atoms with Crippen molar-refractivity contribution >= 4 is 17.6 Å². The molecule has 1 N–H and O–H groups in total. The van der Waals surface area contributed by atoms with Crippen LogP contribution in [0.15, 0.2) is 18.2 Å². The van der Waals surface area contributed by atoms with Gasteiger partial charge in [-0.25, -0.2) is 8.78 Å². The highest BCUT2D eigenvalue weighted by atomic mass is 19.2. The summed E-state index contributed by atoms with van der Waals surface area (Å²) >= 11 is 0. The fraction of sp³-hybridized carbons (Fsp3) is 0.429. The van der Waals surface area contributed by atoms with Gasteiger partial charge in [-0.3, -0.25) is 4.79 Å². The van der Waals surface area contributed by atoms with Gasteiger partial charge in [0.25, 0.3) is 0 Å². The molecule has 1 amide bonds. The third-order valence-electron chi connectivity index (χ3n) is 4.04. The maximum atomic E-state index is 13.1. The maximum absolute atomic E-state index is 13.1. The minimum atomic E-state index is -1.33. The molecule has 2 bridgehead atoms. The molecule has 2 aliphatic rings. The zero-order valence-electron chi connectivity index (χ0n) is 10.8. The van der Waals surface area contributed by atoms with Crippen LogP contribution < -0.4 is 10.4 Å². The van der Waals surface area contributed by atoms with Gasteiger partial charge in [-0.2, -0.15) is 0 Å². The Morgan fingerprint density at radius 3 is 2.43 bits per heavy atom. The van der Waals surface area contributed by atoms with Gasteiger partial charge in [-0.1, -0.05) is 0 Å². The van der Waals surface area contributed by atoms with Gasteiger partial charge >= 0.3 is 0 Å². The number of aliphatic carboxylic acids is 1. The van der Waals surface area contributed by atoms with Crippen LogP contribution in [0.2, 0.25) is 0 Å². The summed E-state index contributed by atoms with van der Waals surface area (Å²) in [4.78, 5) is 23.4. The molecule has 0 radical (unpaired) electrons. The first-order valence-electron chi connectivity index (χ1n) is 6.59. The lowest BCUT2D eigenvalue weighted by atomic mass is 9.78. The normalized spacial score (nSPS) is 30.4. The molecular weight excluding hydrogens is 284 g/mol. The second kappa shape index (κ2) is 5.07. The van der Waals surface area contributed by atoms with E-state index in [9.17, 15) is 23.5 Å². The van der Waals surface area contributed by atoms with E-state index in [-0.39, 0.29) is 5.69 Å². The molecular formula is C14H12F2NO4-. The molecule has 3 rings (SSSR count). The number of anilines is 1. The van der Waals surface area contributed by atoms with E-state index >= 15 is 0 Å². The van der Waals surface area contributed by atoms with E-state index < -0.39 is 47.6 Å². The molecule has 2 heterocycles. The summed E-state index contributed by atoms with van der Waals surface area (Å²) in [7, 11) is 0. The van der Waals surface area contributed by atoms with Gasteiger partial charge in [0.2, 0.25) is 5.91 Å². The molecule has 0 spiro atoms. The van der Waals surface area contributed by atoms with Crippen LogP contribution in [-0.2, 0) is 14.3 Å². The average molecular weight is 296 g/mol. The third kappa shape index (κ3) is 2.37. The number of nitrogens with one attached hydrogen (secondary N) is 1. The number of carboxylic acid groups (broad SMARTS) is 1. The summed E-state index contributed by atoms with van der Waals surface area (Å²) in [5.74, 6) is -5.90. The van der Waals surface area contributed by atoms with Gasteiger partial charge in [-0.05, 0) is 25.0 Å². The van der Waals surface area contributed by atoms with Crippen LogP contribution in [-0.4, -0.2) is 24.1 Å². The predicted molar refractivity (Wildman–Crippen MR) is 64.9 cm³/mol. The van der Waals surface area contributed by atoms with Crippen LogP contribution in [0.25, 0.3) is 0 Å². The molecule has 2 saturated heterocycles. The summed E-state index contributed by atoms with van der Waals surface area (Å²) in [6.07, 6.45) is 0.201. The number of fused-ring (bicyclic) bond motifs is 2. The smallest absolute Gasteiger partial charge is 0.230 e. The quantitative estimate of drug-likeness (QED) is 0.878. The van der Waals surface area contributed by atoms with Crippen LogP contribution in [0.1, 0.15) is 12.8 Å². The Morgan fingerprint density at radius 2 is 1.81 bits per heavy atom. The summed E-state index contributed by atoms with van der Waals surface area (Å²) in [5, 5.41) is 13.6. The predicted octanol–water partition coefficient (Wildman–Crippen LogP) is 0.447. The SMILES string of the molecule is O=C([O-])[C@@H]1[C@H](C(=O)Nc2ccc(F)c(F)c2)[C@H]2CC[C@@H]1O2. The number of carboxylic acids is 1. The van der Waals surface area contributed by atoms with E-state index in [1.54, 1.807) is 0 Å². The lowest BCUT2D eigenvalue weighted by molar-refractivity contribution is -0.313. The van der Waals surface area contributed by atoms with Gasteiger partial charge in [0.05, 0.1) is 18.1 Å². The lowest BCUT2D eigenvalue weighted by Crippen LogP contribution is -2.46. The van der Waals surface area contributed by atoms with E-state index in [0.29, 0.717) is 12.8 Å². The highest BCUT2D eigenvalue weighted by molar-refractivity contribution is 5.96. The highest BCUT2D eigenvalue weighted by Gasteiger charge is 2.52. The number of carbonyl (C=O) groups excluding carboxylic acids is 2. The molecule has 7 heteroatoms. The Bertz CT molecular complexity index is 607. The van der Waals surface area contributed by atoms with E-state index in [1.165, 1.54) is 6.07 Å². The average Bonchev–Trinajstić information content (AvgIpc) is 3.03. The van der Waals surface area contributed by atoms with Gasteiger partial charge in [0.15, 0.2) is 11.6 Å². The summed E-state index contributed by atoms with van der Waals surface area (Å²) < 4.78 is 31.4. The molecule has 5 nitrogen and oxygen atoms in total. The largest absolute Gasteiger partial charge is 0.550 e. The molecule has 0 unspecified atom stereocenters. The summed E-state index contributed by atoms with van der Waals surface area (Å²) in [6, 6.07) is 2.94. The Morgan fingerprint density at radius 1 is 1.14 bits per heavy atom. The number of rotatable bonds is 3. The minimum absolute atomic E-state index is 0.0683. The summed E-state index contributed by atoms with van der Waals surface area (Å²) in [5.41, 5.74) is 0.0683. The van der Waals surface area contributed by atoms with Crippen molar-refractivity contribution in [2.45, 2.75) is 25.0 Å². The van der Waals surface area contributed by atoms with Gasteiger partial charge in [0.1, 0.15) is 0 Å². The van der Waals surface area contributed by atoms with Crippen LogP contribution in [0, 0.1) is 23.5 Å². The van der Waals surface area contributed by atoms with E-state index in [4.69, 9.17) is 4.74 Å². The molecule has 2 aliphatic heterocycles. The molecule has 21 heavy (non-hydrogen) atoms. The Labute approximate surface area is 118 Å². The van der Waals surface area contributed by atoms with E-state index in [1.807, 2.05) is 0 Å². The van der Waals surface area contributed by atoms with Gasteiger partial charge < -0.3 is 20.0 Å². The number of hydrogen-bond donors (Lipinski definition) is 1. The van der Waals surface area contributed by atoms with Crippen molar-refractivity contribution in [1.29, 1.82) is 0 Å². The van der Waals surface area contributed by atoms with Crippen molar-refractivity contribution in [3.63, 3.8) is 0 Å². The molecule has 1 aromatic carbocycles. The first kappa shape index (κ1) is 13.9. The first-order valence-corrected chi connectivity index (χ1v) is 6.59. The number of hydrogen-bond acceptors (Lipinski definition) is 4. The third-order valence-corrected chi connectivity index (χ3v) is 4.04. The summed E-state index contributed by atoms with van der Waals surface area (Å²) in [6.45, 7) is 0. The molecule has 4 atom stereocenters. The van der Waals surface area contributed by atoms with E-state index in [2.05, 4.69) is 5.32 Å². The number of halogens is 2. The fourth-order valence-electron chi connectivity index (χ4n) is 3.11. The van der Waals surface area contributed by atoms with Gasteiger partial charge in [0, 0.05) is 23.6 Å². The number of benzene rings is 1. The fourth-order valence-corrected chi connectivity index (χ4v) is 3.11. The Kier molecular flexibility index (Phi) is 3.36. The van der Waals surface area contributed by atoms with E-state index in [0.717, 1.165) is 12.1 Å². The van der Waals surface area contributed by atoms with Crippen molar-refractivity contribution < 1.29 is 28.2 Å². The topological polar surface area (TPSA) is 78.5 Å². The highest BCUT2D eigenvalue weighted by Crippen LogP contribution is 2.43. The number of carbonyl (C=O) groups is 2. The molecule has 0 aromatic heterocycles. The Balaban J connectivity index is 1.78. The zero-order chi connectivity index (χ0) is 15.1. The minimum Gasteiger partial charge on any atom is -0.550 e. The monoisotopic (exact) mass is 296 g/mol. The lowest BCUT2D eigenvalue weighted by Gasteiger charge is -2.27. The Hall–Kier alpha value is -2.02. The van der Waals surface area contributed by atoms with Crippen molar-refractivity contribution in [1.82, 2.24) is 0 Å². The standard InChI is InChI=1S/C14H13F2NO4/c15-7-2-1-6(5-8(7)16)17-13(18)11-9-3-4-10(21-9)12(11)14(19)20/h1-2,5,9-12H,3-4H2,(H,17,18)(H,19,20)/p-1/t9-,10+,11-,12+/m1/s1. The van der Waals surface area contributed by atoms with Crippen LogP contribution in [0.3, 0.4) is 0 Å². The maximum Gasteiger partial charge on any atom is 0.230 e. The van der Waals surface area contributed by atoms with Crippen molar-refractivity contribution in [3.05, 3.63) is 29.8 Å². The van der Waals surface area contributed by atoms with Crippen molar-refractivity contribution in [2.75, 3.05) is 5.32 Å². The van der Waals surface area contributed by atoms with Crippen molar-refractivity contribution in [3.8, 4) is 0 Å². The molecule has 1 aromatic rings. The van der Waals surface area contributed by atoms with Crippen LogP contribution in [0.4, 0.5) is 14.5 Å². The molecule has 0 aliphatic carbocycles. The van der Waals surface area contributed by atoms with Crippen LogP contribution >= 0.6 is 0 Å². The second-order valence-corrected chi connectivity index (χ2v) is 5.28.